The van der Waals surface area contributed by atoms with Crippen molar-refractivity contribution in [2.45, 2.75) is 36.1 Å². The SMILES string of the molecule is NC1(c2noc(CCNS(=O)(=O)c3ccc4ccccc4c3)n2)CCC1. The molecule has 1 heterocycles. The van der Waals surface area contributed by atoms with Crippen molar-refractivity contribution in [1.29, 1.82) is 0 Å². The van der Waals surface area contributed by atoms with Crippen LogP contribution < -0.4 is 10.5 Å². The average Bonchev–Trinajstić information content (AvgIpc) is 3.08. The fourth-order valence-corrected chi connectivity index (χ4v) is 4.12. The average molecular weight is 372 g/mol. The molecular weight excluding hydrogens is 352 g/mol. The van der Waals surface area contributed by atoms with E-state index >= 15 is 0 Å². The highest BCUT2D eigenvalue weighted by Gasteiger charge is 2.38. The van der Waals surface area contributed by atoms with Gasteiger partial charge in [0.2, 0.25) is 15.9 Å². The first-order chi connectivity index (χ1) is 12.5. The molecule has 0 saturated heterocycles. The van der Waals surface area contributed by atoms with Crippen LogP contribution in [0.1, 0.15) is 31.0 Å². The maximum atomic E-state index is 12.5. The minimum Gasteiger partial charge on any atom is -0.339 e. The second-order valence-electron chi connectivity index (χ2n) is 6.68. The molecule has 3 aromatic rings. The molecule has 1 fully saturated rings. The van der Waals surface area contributed by atoms with Gasteiger partial charge in [0.05, 0.1) is 10.4 Å². The van der Waals surface area contributed by atoms with Gasteiger partial charge in [0.25, 0.3) is 0 Å². The largest absolute Gasteiger partial charge is 0.339 e. The predicted molar refractivity (Wildman–Crippen MR) is 96.9 cm³/mol. The molecule has 136 valence electrons. The third-order valence-electron chi connectivity index (χ3n) is 4.82. The Hall–Kier alpha value is -2.29. The topological polar surface area (TPSA) is 111 Å². The number of benzene rings is 2. The molecule has 0 atom stereocenters. The summed E-state index contributed by atoms with van der Waals surface area (Å²) in [6, 6.07) is 12.7. The van der Waals surface area contributed by atoms with Crippen LogP contribution in [-0.2, 0) is 22.0 Å². The number of rotatable bonds is 6. The molecule has 4 rings (SSSR count). The predicted octanol–water partition coefficient (Wildman–Crippen LogP) is 2.08. The Kier molecular flexibility index (Phi) is 4.26. The van der Waals surface area contributed by atoms with Crippen LogP contribution in [0.4, 0.5) is 0 Å². The first-order valence-electron chi connectivity index (χ1n) is 8.57. The first kappa shape index (κ1) is 17.1. The van der Waals surface area contributed by atoms with Gasteiger partial charge < -0.3 is 10.3 Å². The molecule has 1 aliphatic carbocycles. The zero-order chi connectivity index (χ0) is 18.2. The monoisotopic (exact) mass is 372 g/mol. The molecular formula is C18H20N4O3S. The smallest absolute Gasteiger partial charge is 0.240 e. The van der Waals surface area contributed by atoms with Crippen LogP contribution in [0.5, 0.6) is 0 Å². The number of nitrogens with zero attached hydrogens (tertiary/aromatic N) is 2. The van der Waals surface area contributed by atoms with E-state index in [0.29, 0.717) is 18.1 Å². The maximum absolute atomic E-state index is 12.5. The quantitative estimate of drug-likeness (QED) is 0.685. The fourth-order valence-electron chi connectivity index (χ4n) is 3.05. The van der Waals surface area contributed by atoms with Crippen molar-refractivity contribution in [2.75, 3.05) is 6.54 Å². The molecule has 8 heteroatoms. The Balaban J connectivity index is 1.41. The summed E-state index contributed by atoms with van der Waals surface area (Å²) in [5.41, 5.74) is 5.68. The minimum atomic E-state index is -3.60. The van der Waals surface area contributed by atoms with E-state index in [4.69, 9.17) is 10.3 Å². The van der Waals surface area contributed by atoms with Gasteiger partial charge in [0, 0.05) is 13.0 Å². The molecule has 3 N–H and O–H groups in total. The van der Waals surface area contributed by atoms with Gasteiger partial charge in [-0.05, 0) is 42.2 Å². The highest BCUT2D eigenvalue weighted by molar-refractivity contribution is 7.89. The van der Waals surface area contributed by atoms with Crippen molar-refractivity contribution in [2.24, 2.45) is 5.73 Å². The van der Waals surface area contributed by atoms with Crippen LogP contribution >= 0.6 is 0 Å². The Bertz CT molecular complexity index is 1040. The van der Waals surface area contributed by atoms with Gasteiger partial charge in [-0.2, -0.15) is 4.98 Å². The van der Waals surface area contributed by atoms with Gasteiger partial charge >= 0.3 is 0 Å². The Labute approximate surface area is 151 Å². The molecule has 0 spiro atoms. The van der Waals surface area contributed by atoms with E-state index in [9.17, 15) is 8.42 Å². The number of nitrogens with two attached hydrogens (primary N) is 1. The molecule has 0 radical (unpaired) electrons. The number of aromatic nitrogens is 2. The highest BCUT2D eigenvalue weighted by atomic mass is 32.2. The summed E-state index contributed by atoms with van der Waals surface area (Å²) in [4.78, 5) is 4.53. The summed E-state index contributed by atoms with van der Waals surface area (Å²) < 4.78 is 32.7. The third kappa shape index (κ3) is 3.23. The van der Waals surface area contributed by atoms with Crippen molar-refractivity contribution in [3.05, 3.63) is 54.2 Å². The van der Waals surface area contributed by atoms with Crippen molar-refractivity contribution in [1.82, 2.24) is 14.9 Å². The van der Waals surface area contributed by atoms with E-state index in [0.717, 1.165) is 30.0 Å². The fraction of sp³-hybridized carbons (Fsp3) is 0.333. The van der Waals surface area contributed by atoms with Crippen LogP contribution in [0.15, 0.2) is 51.9 Å². The van der Waals surface area contributed by atoms with Crippen LogP contribution in [0.2, 0.25) is 0 Å². The molecule has 0 amide bonds. The van der Waals surface area contributed by atoms with Crippen LogP contribution in [-0.4, -0.2) is 25.1 Å². The van der Waals surface area contributed by atoms with Crippen LogP contribution in [0.25, 0.3) is 10.8 Å². The number of sulfonamides is 1. The van der Waals surface area contributed by atoms with Gasteiger partial charge in [-0.25, -0.2) is 13.1 Å². The second-order valence-corrected chi connectivity index (χ2v) is 8.45. The molecule has 0 bridgehead atoms. The van der Waals surface area contributed by atoms with E-state index in [2.05, 4.69) is 14.9 Å². The van der Waals surface area contributed by atoms with E-state index in [-0.39, 0.29) is 11.4 Å². The van der Waals surface area contributed by atoms with Gasteiger partial charge in [0.15, 0.2) is 5.82 Å². The van der Waals surface area contributed by atoms with Crippen LogP contribution in [0, 0.1) is 0 Å². The lowest BCUT2D eigenvalue weighted by Gasteiger charge is -2.34. The van der Waals surface area contributed by atoms with Gasteiger partial charge in [-0.3, -0.25) is 0 Å². The molecule has 2 aromatic carbocycles. The van der Waals surface area contributed by atoms with E-state index in [1.165, 1.54) is 0 Å². The third-order valence-corrected chi connectivity index (χ3v) is 6.28. The van der Waals surface area contributed by atoms with Gasteiger partial charge in [-0.1, -0.05) is 35.5 Å². The van der Waals surface area contributed by atoms with Crippen molar-refractivity contribution < 1.29 is 12.9 Å². The number of hydrogen-bond acceptors (Lipinski definition) is 6. The van der Waals surface area contributed by atoms with Crippen molar-refractivity contribution >= 4 is 20.8 Å². The lowest BCUT2D eigenvalue weighted by molar-refractivity contribution is 0.229. The Morgan fingerprint density at radius 1 is 1.15 bits per heavy atom. The number of hydrogen-bond donors (Lipinski definition) is 2. The molecule has 0 aliphatic heterocycles. The van der Waals surface area contributed by atoms with Gasteiger partial charge in [0.1, 0.15) is 0 Å². The summed E-state index contributed by atoms with van der Waals surface area (Å²) in [6.45, 7) is 0.175. The second kappa shape index (κ2) is 6.46. The van der Waals surface area contributed by atoms with Crippen molar-refractivity contribution in [3.63, 3.8) is 0 Å². The summed E-state index contributed by atoms with van der Waals surface area (Å²) in [5.74, 6) is 0.897. The standard InChI is InChI=1S/C18H20N4O3S/c19-18(9-3-10-18)17-21-16(25-22-17)8-11-20-26(23,24)15-7-6-13-4-1-2-5-14(13)12-15/h1-2,4-7,12,20H,3,8-11,19H2. The highest BCUT2D eigenvalue weighted by Crippen LogP contribution is 2.36. The zero-order valence-electron chi connectivity index (χ0n) is 14.2. The number of fused-ring (bicyclic) bond motifs is 1. The van der Waals surface area contributed by atoms with E-state index in [1.54, 1.807) is 18.2 Å². The van der Waals surface area contributed by atoms with Crippen LogP contribution in [0.3, 0.4) is 0 Å². The molecule has 1 aromatic heterocycles. The lowest BCUT2D eigenvalue weighted by atomic mass is 9.77. The molecule has 7 nitrogen and oxygen atoms in total. The maximum Gasteiger partial charge on any atom is 0.240 e. The summed E-state index contributed by atoms with van der Waals surface area (Å²) in [7, 11) is -3.60. The summed E-state index contributed by atoms with van der Waals surface area (Å²) in [5, 5.41) is 5.81. The van der Waals surface area contributed by atoms with Crippen molar-refractivity contribution in [3.8, 4) is 0 Å². The molecule has 1 saturated carbocycles. The Morgan fingerprint density at radius 2 is 1.92 bits per heavy atom. The zero-order valence-corrected chi connectivity index (χ0v) is 15.0. The van der Waals surface area contributed by atoms with E-state index in [1.807, 2.05) is 24.3 Å². The normalized spacial score (nSPS) is 16.5. The van der Waals surface area contributed by atoms with Gasteiger partial charge in [-0.15, -0.1) is 0 Å². The Morgan fingerprint density at radius 3 is 2.65 bits per heavy atom. The minimum absolute atomic E-state index is 0.175. The number of nitrogens with one attached hydrogen (secondary N) is 1. The molecule has 0 unspecified atom stereocenters. The molecule has 1 aliphatic rings. The van der Waals surface area contributed by atoms with E-state index < -0.39 is 15.6 Å². The summed E-state index contributed by atoms with van der Waals surface area (Å²) in [6.07, 6.45) is 3.07. The lowest BCUT2D eigenvalue weighted by Crippen LogP contribution is -2.44. The molecule has 26 heavy (non-hydrogen) atoms. The summed E-state index contributed by atoms with van der Waals surface area (Å²) >= 11 is 0. The first-order valence-corrected chi connectivity index (χ1v) is 10.1.